The molecule has 0 bridgehead atoms. The highest BCUT2D eigenvalue weighted by Crippen LogP contribution is 2.61. The van der Waals surface area contributed by atoms with Crippen LogP contribution in [-0.4, -0.2) is 27.4 Å². The van der Waals surface area contributed by atoms with Crippen molar-refractivity contribution < 1.29 is 20.1 Å². The number of aromatic hydroxyl groups is 1. The normalized spacial score (nSPS) is 37.4. The van der Waals surface area contributed by atoms with E-state index in [1.54, 1.807) is 6.07 Å². The van der Waals surface area contributed by atoms with Gasteiger partial charge >= 0.3 is 5.97 Å². The monoisotopic (exact) mass is 330 g/mol. The molecule has 4 rings (SSSR count). The number of phenolic OH excluding ortho intramolecular Hbond substituents is 1. The van der Waals surface area contributed by atoms with Crippen LogP contribution in [0.1, 0.15) is 61.6 Å². The molecule has 0 aromatic heterocycles. The van der Waals surface area contributed by atoms with Crippen molar-refractivity contribution in [2.75, 3.05) is 0 Å². The van der Waals surface area contributed by atoms with E-state index in [2.05, 4.69) is 6.92 Å². The third kappa shape index (κ3) is 2.26. The number of carbonyl (C=O) groups is 1. The van der Waals surface area contributed by atoms with E-state index < -0.39 is 5.97 Å². The summed E-state index contributed by atoms with van der Waals surface area (Å²) >= 11 is 0. The Morgan fingerprint density at radius 1 is 1.25 bits per heavy atom. The molecular formula is C20H26O4. The molecule has 5 atom stereocenters. The molecule has 0 saturated heterocycles. The third-order valence-electron chi connectivity index (χ3n) is 7.22. The summed E-state index contributed by atoms with van der Waals surface area (Å²) in [5.74, 6) is 0.802. The van der Waals surface area contributed by atoms with E-state index in [1.807, 2.05) is 6.07 Å². The molecule has 4 nitrogen and oxygen atoms in total. The minimum Gasteiger partial charge on any atom is -0.508 e. The fraction of sp³-hybridized carbons (Fsp3) is 0.650. The number of aliphatic hydroxyl groups is 1. The van der Waals surface area contributed by atoms with Gasteiger partial charge in [0.15, 0.2) is 0 Å². The second kappa shape index (κ2) is 5.48. The smallest absolute Gasteiger partial charge is 0.307 e. The van der Waals surface area contributed by atoms with Crippen molar-refractivity contribution >= 4 is 5.97 Å². The van der Waals surface area contributed by atoms with Crippen molar-refractivity contribution in [3.63, 3.8) is 0 Å². The van der Waals surface area contributed by atoms with Crippen LogP contribution in [-0.2, 0) is 17.6 Å². The number of hydrogen-bond donors (Lipinski definition) is 3. The first-order valence-corrected chi connectivity index (χ1v) is 9.14. The number of phenols is 1. The number of aliphatic carboxylic acids is 1. The van der Waals surface area contributed by atoms with Crippen molar-refractivity contribution in [1.29, 1.82) is 0 Å². The van der Waals surface area contributed by atoms with Gasteiger partial charge in [0, 0.05) is 5.56 Å². The fourth-order valence-corrected chi connectivity index (χ4v) is 5.93. The van der Waals surface area contributed by atoms with Gasteiger partial charge in [0.05, 0.1) is 12.5 Å². The van der Waals surface area contributed by atoms with Gasteiger partial charge in [-0.25, -0.2) is 0 Å². The van der Waals surface area contributed by atoms with Crippen LogP contribution in [0.4, 0.5) is 0 Å². The van der Waals surface area contributed by atoms with Gasteiger partial charge in [-0.2, -0.15) is 0 Å². The van der Waals surface area contributed by atoms with Crippen LogP contribution >= 0.6 is 0 Å². The molecule has 1 aromatic rings. The minimum absolute atomic E-state index is 0.0550. The highest BCUT2D eigenvalue weighted by molar-refractivity contribution is 5.71. The predicted molar refractivity (Wildman–Crippen MR) is 90.1 cm³/mol. The number of carboxylic acids is 1. The van der Waals surface area contributed by atoms with Crippen LogP contribution in [0.15, 0.2) is 12.1 Å². The van der Waals surface area contributed by atoms with Gasteiger partial charge in [0.25, 0.3) is 0 Å². The van der Waals surface area contributed by atoms with Crippen LogP contribution in [0, 0.1) is 17.3 Å². The molecule has 0 spiro atoms. The summed E-state index contributed by atoms with van der Waals surface area (Å²) in [7, 11) is 0. The van der Waals surface area contributed by atoms with Crippen LogP contribution in [0.3, 0.4) is 0 Å². The van der Waals surface area contributed by atoms with Gasteiger partial charge in [0.2, 0.25) is 0 Å². The van der Waals surface area contributed by atoms with Crippen LogP contribution in [0.2, 0.25) is 0 Å². The average molecular weight is 330 g/mol. The molecule has 3 aliphatic carbocycles. The van der Waals surface area contributed by atoms with Gasteiger partial charge < -0.3 is 15.3 Å². The van der Waals surface area contributed by atoms with E-state index >= 15 is 0 Å². The molecule has 130 valence electrons. The highest BCUT2D eigenvalue weighted by Gasteiger charge is 2.54. The van der Waals surface area contributed by atoms with Gasteiger partial charge in [0.1, 0.15) is 5.75 Å². The summed E-state index contributed by atoms with van der Waals surface area (Å²) in [6.45, 7) is 2.26. The summed E-state index contributed by atoms with van der Waals surface area (Å²) in [6, 6.07) is 3.74. The van der Waals surface area contributed by atoms with E-state index in [4.69, 9.17) is 5.11 Å². The Morgan fingerprint density at radius 2 is 2.04 bits per heavy atom. The Kier molecular flexibility index (Phi) is 3.64. The van der Waals surface area contributed by atoms with E-state index in [-0.39, 0.29) is 23.7 Å². The lowest BCUT2D eigenvalue weighted by atomic mass is 9.55. The first kappa shape index (κ1) is 15.9. The van der Waals surface area contributed by atoms with E-state index in [0.29, 0.717) is 23.3 Å². The highest BCUT2D eigenvalue weighted by atomic mass is 16.4. The molecule has 0 aliphatic heterocycles. The van der Waals surface area contributed by atoms with Crippen molar-refractivity contribution in [2.24, 2.45) is 17.3 Å². The van der Waals surface area contributed by atoms with Crippen LogP contribution in [0.25, 0.3) is 0 Å². The Hall–Kier alpha value is -1.55. The summed E-state index contributed by atoms with van der Waals surface area (Å²) in [5, 5.41) is 29.7. The number of aliphatic hydroxyl groups excluding tert-OH is 1. The lowest BCUT2D eigenvalue weighted by Gasteiger charge is -2.50. The van der Waals surface area contributed by atoms with Crippen molar-refractivity contribution in [1.82, 2.24) is 0 Å². The molecule has 24 heavy (non-hydrogen) atoms. The zero-order valence-corrected chi connectivity index (χ0v) is 14.2. The van der Waals surface area contributed by atoms with Crippen molar-refractivity contribution in [2.45, 2.75) is 63.9 Å². The van der Waals surface area contributed by atoms with E-state index in [9.17, 15) is 15.0 Å². The molecule has 0 amide bonds. The number of benzene rings is 1. The summed E-state index contributed by atoms with van der Waals surface area (Å²) in [4.78, 5) is 11.1. The second-order valence-electron chi connectivity index (χ2n) is 8.30. The largest absolute Gasteiger partial charge is 0.508 e. The summed E-state index contributed by atoms with van der Waals surface area (Å²) in [5.41, 5.74) is 3.02. The van der Waals surface area contributed by atoms with Crippen molar-refractivity contribution in [3.05, 3.63) is 28.8 Å². The standard InChI is InChI=1S/C20H26O4/c1-20-7-6-13-14(16(20)4-5-18(20)22)3-2-11-9-17(21)12(8-15(11)13)10-19(23)24/h8-9,13-14,16,18,21-22H,2-7,10H2,1H3,(H,23,24)/t13-,14+,16-,18+,20-/m0/s1. The number of fused-ring (bicyclic) bond motifs is 5. The quantitative estimate of drug-likeness (QED) is 0.778. The molecule has 4 heteroatoms. The maximum atomic E-state index is 11.1. The van der Waals surface area contributed by atoms with Gasteiger partial charge in [-0.1, -0.05) is 13.0 Å². The van der Waals surface area contributed by atoms with Gasteiger partial charge in [-0.15, -0.1) is 0 Å². The van der Waals surface area contributed by atoms with Gasteiger partial charge in [-0.3, -0.25) is 4.79 Å². The topological polar surface area (TPSA) is 77.8 Å². The Labute approximate surface area is 142 Å². The third-order valence-corrected chi connectivity index (χ3v) is 7.22. The molecule has 3 aliphatic rings. The SMILES string of the molecule is C[C@]12CC[C@@H]3c4cc(CC(=O)O)c(O)cc4CC[C@H]3[C@@H]1CC[C@H]2O. The first-order chi connectivity index (χ1) is 11.4. The van der Waals surface area contributed by atoms with E-state index in [1.165, 1.54) is 11.1 Å². The Morgan fingerprint density at radius 3 is 2.79 bits per heavy atom. The maximum absolute atomic E-state index is 11.1. The van der Waals surface area contributed by atoms with Crippen molar-refractivity contribution in [3.8, 4) is 5.75 Å². The molecule has 2 saturated carbocycles. The van der Waals surface area contributed by atoms with E-state index in [0.717, 1.165) is 38.5 Å². The molecule has 0 unspecified atom stereocenters. The van der Waals surface area contributed by atoms with Gasteiger partial charge in [-0.05, 0) is 78.9 Å². The Balaban J connectivity index is 1.70. The minimum atomic E-state index is -0.909. The van der Waals surface area contributed by atoms with Crippen LogP contribution < -0.4 is 0 Å². The predicted octanol–water partition coefficient (Wildman–Crippen LogP) is 3.24. The number of aryl methyl sites for hydroxylation is 1. The molecule has 1 aromatic carbocycles. The molecular weight excluding hydrogens is 304 g/mol. The lowest BCUT2D eigenvalue weighted by molar-refractivity contribution is -0.136. The second-order valence-corrected chi connectivity index (χ2v) is 8.30. The summed E-state index contributed by atoms with van der Waals surface area (Å²) in [6.07, 6.45) is 5.87. The fourth-order valence-electron chi connectivity index (χ4n) is 5.93. The zero-order valence-electron chi connectivity index (χ0n) is 14.2. The Bertz CT molecular complexity index is 682. The van der Waals surface area contributed by atoms with Crippen LogP contribution in [0.5, 0.6) is 5.75 Å². The molecule has 3 N–H and O–H groups in total. The average Bonchev–Trinajstić information content (AvgIpc) is 2.83. The molecule has 0 heterocycles. The number of rotatable bonds is 2. The lowest BCUT2D eigenvalue weighted by Crippen LogP contribution is -2.43. The molecule has 0 radical (unpaired) electrons. The molecule has 2 fully saturated rings. The summed E-state index contributed by atoms with van der Waals surface area (Å²) < 4.78 is 0. The zero-order chi connectivity index (χ0) is 17.1. The maximum Gasteiger partial charge on any atom is 0.307 e. The number of hydrogen-bond acceptors (Lipinski definition) is 3. The first-order valence-electron chi connectivity index (χ1n) is 9.14. The number of carboxylic acid groups (broad SMARTS) is 1.